The third kappa shape index (κ3) is 2.68. The Hall–Kier alpha value is -1.04. The van der Waals surface area contributed by atoms with Crippen LogP contribution in [0, 0.1) is 6.92 Å². The summed E-state index contributed by atoms with van der Waals surface area (Å²) >= 11 is 12.2. The number of carbonyl (C=O) groups is 1. The maximum absolute atomic E-state index is 11.7. The molecule has 3 nitrogen and oxygen atoms in total. The van der Waals surface area contributed by atoms with Crippen LogP contribution in [-0.2, 0) is 4.79 Å². The van der Waals surface area contributed by atoms with Crippen LogP contribution < -0.4 is 5.32 Å². The zero-order valence-electron chi connectivity index (χ0n) is 9.70. The van der Waals surface area contributed by atoms with Crippen LogP contribution >= 0.6 is 35.6 Å². The van der Waals surface area contributed by atoms with Gasteiger partial charge in [-0.25, -0.2) is 0 Å². The summed E-state index contributed by atoms with van der Waals surface area (Å²) in [7, 11) is 0. The van der Waals surface area contributed by atoms with Gasteiger partial charge in [0.05, 0.1) is 11.6 Å². The molecular formula is C12H11ClN2OS2. The fraction of sp³-hybridized carbons (Fsp3) is 0.167. The zero-order chi connectivity index (χ0) is 13.3. The SMILES string of the molecule is C=C1SC(=S)N(CNc2ccc(Cl)cc2C)C1=O. The number of thioether (sulfide) groups is 1. The van der Waals surface area contributed by atoms with Crippen molar-refractivity contribution in [3.8, 4) is 0 Å². The van der Waals surface area contributed by atoms with Gasteiger partial charge in [-0.2, -0.15) is 0 Å². The van der Waals surface area contributed by atoms with Gasteiger partial charge >= 0.3 is 0 Å². The molecule has 18 heavy (non-hydrogen) atoms. The monoisotopic (exact) mass is 298 g/mol. The van der Waals surface area contributed by atoms with Gasteiger partial charge in [0, 0.05) is 10.7 Å². The van der Waals surface area contributed by atoms with Crippen molar-refractivity contribution in [2.24, 2.45) is 0 Å². The van der Waals surface area contributed by atoms with Gasteiger partial charge in [0.15, 0.2) is 0 Å². The Morgan fingerprint density at radius 2 is 2.28 bits per heavy atom. The minimum atomic E-state index is -0.135. The van der Waals surface area contributed by atoms with Crippen molar-refractivity contribution >= 4 is 51.5 Å². The van der Waals surface area contributed by atoms with Gasteiger partial charge in [0.1, 0.15) is 4.32 Å². The van der Waals surface area contributed by atoms with Crippen LogP contribution in [0.3, 0.4) is 0 Å². The van der Waals surface area contributed by atoms with E-state index in [9.17, 15) is 4.79 Å². The van der Waals surface area contributed by atoms with Crippen molar-refractivity contribution in [2.75, 3.05) is 12.0 Å². The number of hydrogen-bond acceptors (Lipinski definition) is 4. The summed E-state index contributed by atoms with van der Waals surface area (Å²) in [5.74, 6) is -0.135. The zero-order valence-corrected chi connectivity index (χ0v) is 12.1. The van der Waals surface area contributed by atoms with Gasteiger partial charge in [-0.15, -0.1) is 0 Å². The highest BCUT2D eigenvalue weighted by Gasteiger charge is 2.30. The Labute approximate surface area is 120 Å². The summed E-state index contributed by atoms with van der Waals surface area (Å²) in [5, 5.41) is 3.86. The Balaban J connectivity index is 2.06. The first kappa shape index (κ1) is 13.4. The molecule has 1 N–H and O–H groups in total. The number of hydrogen-bond donors (Lipinski definition) is 1. The third-order valence-electron chi connectivity index (χ3n) is 2.53. The lowest BCUT2D eigenvalue weighted by atomic mass is 10.2. The number of halogens is 1. The van der Waals surface area contributed by atoms with Crippen LogP contribution in [0.4, 0.5) is 5.69 Å². The fourth-order valence-corrected chi connectivity index (χ4v) is 2.91. The van der Waals surface area contributed by atoms with Crippen molar-refractivity contribution in [3.05, 3.63) is 40.3 Å². The summed E-state index contributed by atoms with van der Waals surface area (Å²) in [6.45, 7) is 5.95. The number of carbonyl (C=O) groups excluding carboxylic acids is 1. The van der Waals surface area contributed by atoms with E-state index >= 15 is 0 Å². The van der Waals surface area contributed by atoms with Gasteiger partial charge in [0.2, 0.25) is 0 Å². The van der Waals surface area contributed by atoms with Gasteiger partial charge < -0.3 is 5.32 Å². The van der Waals surface area contributed by atoms with E-state index < -0.39 is 0 Å². The lowest BCUT2D eigenvalue weighted by molar-refractivity contribution is -0.121. The molecule has 1 saturated heterocycles. The second-order valence-electron chi connectivity index (χ2n) is 3.82. The van der Waals surface area contributed by atoms with Crippen molar-refractivity contribution in [1.82, 2.24) is 4.90 Å². The number of thiocarbonyl (C=S) groups is 1. The molecule has 0 atom stereocenters. The first-order chi connectivity index (χ1) is 8.49. The molecule has 1 aliphatic heterocycles. The van der Waals surface area contributed by atoms with E-state index in [1.54, 1.807) is 6.07 Å². The molecule has 1 aliphatic rings. The maximum Gasteiger partial charge on any atom is 0.267 e. The lowest BCUT2D eigenvalue weighted by Gasteiger charge is -2.17. The van der Waals surface area contributed by atoms with E-state index in [1.807, 2.05) is 19.1 Å². The van der Waals surface area contributed by atoms with E-state index in [4.69, 9.17) is 23.8 Å². The minimum absolute atomic E-state index is 0.135. The molecule has 0 bridgehead atoms. The quantitative estimate of drug-likeness (QED) is 0.685. The van der Waals surface area contributed by atoms with Crippen molar-refractivity contribution < 1.29 is 4.79 Å². The van der Waals surface area contributed by atoms with Crippen LogP contribution in [0.5, 0.6) is 0 Å². The maximum atomic E-state index is 11.7. The second-order valence-corrected chi connectivity index (χ2v) is 5.98. The summed E-state index contributed by atoms with van der Waals surface area (Å²) in [6, 6.07) is 5.54. The number of rotatable bonds is 3. The van der Waals surface area contributed by atoms with E-state index in [0.717, 1.165) is 11.3 Å². The molecule has 2 rings (SSSR count). The normalized spacial score (nSPS) is 15.4. The van der Waals surface area contributed by atoms with Gasteiger partial charge in [0.25, 0.3) is 5.91 Å². The van der Waals surface area contributed by atoms with Crippen LogP contribution in [0.2, 0.25) is 5.02 Å². The predicted octanol–water partition coefficient (Wildman–Crippen LogP) is 3.39. The molecule has 1 aromatic rings. The molecule has 0 aliphatic carbocycles. The minimum Gasteiger partial charge on any atom is -0.367 e. The van der Waals surface area contributed by atoms with Crippen molar-refractivity contribution in [2.45, 2.75) is 6.92 Å². The number of aryl methyl sites for hydroxylation is 1. The molecule has 1 aromatic carbocycles. The molecule has 0 saturated carbocycles. The first-order valence-corrected chi connectivity index (χ1v) is 6.82. The molecule has 0 spiro atoms. The molecule has 0 radical (unpaired) electrons. The highest BCUT2D eigenvalue weighted by molar-refractivity contribution is 8.26. The fourth-order valence-electron chi connectivity index (χ4n) is 1.56. The van der Waals surface area contributed by atoms with E-state index in [0.29, 0.717) is 20.9 Å². The topological polar surface area (TPSA) is 32.3 Å². The molecule has 94 valence electrons. The first-order valence-electron chi connectivity index (χ1n) is 5.21. The highest BCUT2D eigenvalue weighted by Crippen LogP contribution is 2.29. The average Bonchev–Trinajstić information content (AvgIpc) is 2.53. The summed E-state index contributed by atoms with van der Waals surface area (Å²) in [5.41, 5.74) is 1.95. The highest BCUT2D eigenvalue weighted by atomic mass is 35.5. The van der Waals surface area contributed by atoms with Crippen LogP contribution in [-0.4, -0.2) is 21.8 Å². The van der Waals surface area contributed by atoms with Crippen molar-refractivity contribution in [3.63, 3.8) is 0 Å². The molecule has 6 heteroatoms. The summed E-state index contributed by atoms with van der Waals surface area (Å²) in [4.78, 5) is 13.7. The lowest BCUT2D eigenvalue weighted by Crippen LogP contribution is -2.33. The third-order valence-corrected chi connectivity index (χ3v) is 4.05. The molecule has 1 amide bonds. The van der Waals surface area contributed by atoms with Crippen LogP contribution in [0.25, 0.3) is 0 Å². The van der Waals surface area contributed by atoms with Gasteiger partial charge in [-0.1, -0.05) is 42.2 Å². The Morgan fingerprint density at radius 1 is 1.56 bits per heavy atom. The average molecular weight is 299 g/mol. The van der Waals surface area contributed by atoms with E-state index in [-0.39, 0.29) is 5.91 Å². The van der Waals surface area contributed by atoms with Crippen molar-refractivity contribution in [1.29, 1.82) is 0 Å². The Kier molecular flexibility index (Phi) is 3.94. The number of anilines is 1. The Bertz CT molecular complexity index is 545. The predicted molar refractivity (Wildman–Crippen MR) is 80.9 cm³/mol. The number of amides is 1. The molecule has 0 unspecified atom stereocenters. The summed E-state index contributed by atoms with van der Waals surface area (Å²) in [6.07, 6.45) is 0. The van der Waals surface area contributed by atoms with E-state index in [1.165, 1.54) is 16.7 Å². The molecule has 1 fully saturated rings. The van der Waals surface area contributed by atoms with Gasteiger partial charge in [-0.3, -0.25) is 9.69 Å². The molecule has 1 heterocycles. The number of nitrogens with zero attached hydrogens (tertiary/aromatic N) is 1. The largest absolute Gasteiger partial charge is 0.367 e. The standard InChI is InChI=1S/C12H11ClN2OS2/c1-7-5-9(13)3-4-10(7)14-6-15-11(16)8(2)18-12(15)17/h3-5,14H,2,6H2,1H3. The van der Waals surface area contributed by atoms with Gasteiger partial charge in [-0.05, 0) is 30.7 Å². The van der Waals surface area contributed by atoms with Crippen LogP contribution in [0.15, 0.2) is 29.7 Å². The Morgan fingerprint density at radius 3 is 2.83 bits per heavy atom. The summed E-state index contributed by atoms with van der Waals surface area (Å²) < 4.78 is 0.532. The molecular weight excluding hydrogens is 288 g/mol. The smallest absolute Gasteiger partial charge is 0.267 e. The second kappa shape index (κ2) is 5.30. The van der Waals surface area contributed by atoms with Crippen LogP contribution in [0.1, 0.15) is 5.56 Å². The number of nitrogens with one attached hydrogen (secondary N) is 1. The molecule has 0 aromatic heterocycles. The number of benzene rings is 1. The van der Waals surface area contributed by atoms with E-state index in [2.05, 4.69) is 11.9 Å².